The first kappa shape index (κ1) is 25.2. The molecule has 2 fully saturated rings. The fourth-order valence-electron chi connectivity index (χ4n) is 5.70. The van der Waals surface area contributed by atoms with E-state index in [1.54, 1.807) is 17.0 Å². The minimum Gasteiger partial charge on any atom is -0.324 e. The largest absolute Gasteiger partial charge is 0.324 e. The molecular formula is C29H38FN3O2. The van der Waals surface area contributed by atoms with Crippen molar-refractivity contribution in [1.29, 1.82) is 0 Å². The van der Waals surface area contributed by atoms with Crippen LogP contribution in [0.5, 0.6) is 0 Å². The molecule has 1 N–H and O–H groups in total. The van der Waals surface area contributed by atoms with Crippen LogP contribution in [-0.4, -0.2) is 40.4 Å². The molecule has 0 radical (unpaired) electrons. The second-order valence-electron chi connectivity index (χ2n) is 10.8. The summed E-state index contributed by atoms with van der Waals surface area (Å²) in [6.07, 6.45) is 5.20. The van der Waals surface area contributed by atoms with Crippen molar-refractivity contribution in [1.82, 2.24) is 9.80 Å². The van der Waals surface area contributed by atoms with Gasteiger partial charge in [0.15, 0.2) is 0 Å². The molecule has 3 amide bonds. The van der Waals surface area contributed by atoms with Crippen LogP contribution in [0.15, 0.2) is 42.5 Å². The van der Waals surface area contributed by atoms with Crippen LogP contribution in [0.4, 0.5) is 14.9 Å². The fraction of sp³-hybridized carbons (Fsp3) is 0.517. The van der Waals surface area contributed by atoms with Crippen LogP contribution >= 0.6 is 0 Å². The van der Waals surface area contributed by atoms with Gasteiger partial charge in [-0.1, -0.05) is 77.3 Å². The van der Waals surface area contributed by atoms with E-state index in [0.717, 1.165) is 48.1 Å². The van der Waals surface area contributed by atoms with Crippen LogP contribution in [0.25, 0.3) is 0 Å². The van der Waals surface area contributed by atoms with Gasteiger partial charge in [-0.05, 0) is 53.5 Å². The lowest BCUT2D eigenvalue weighted by Gasteiger charge is -2.40. The molecule has 4 rings (SSSR count). The third-order valence-electron chi connectivity index (χ3n) is 7.57. The minimum absolute atomic E-state index is 0.0322. The molecule has 35 heavy (non-hydrogen) atoms. The van der Waals surface area contributed by atoms with Crippen molar-refractivity contribution in [3.8, 4) is 0 Å². The average Bonchev–Trinajstić information content (AvgIpc) is 3.05. The molecule has 1 saturated carbocycles. The van der Waals surface area contributed by atoms with Gasteiger partial charge in [-0.2, -0.15) is 0 Å². The first-order chi connectivity index (χ1) is 16.7. The summed E-state index contributed by atoms with van der Waals surface area (Å²) in [6, 6.07) is 12.4. The first-order valence-electron chi connectivity index (χ1n) is 12.9. The van der Waals surface area contributed by atoms with Gasteiger partial charge >= 0.3 is 6.03 Å². The number of halogens is 1. The smallest absolute Gasteiger partial charge is 0.321 e. The summed E-state index contributed by atoms with van der Waals surface area (Å²) in [4.78, 5) is 30.5. The molecule has 1 saturated heterocycles. The number of urea groups is 1. The number of para-hydroxylation sites is 1. The Kier molecular flexibility index (Phi) is 7.48. The predicted molar refractivity (Wildman–Crippen MR) is 138 cm³/mol. The van der Waals surface area contributed by atoms with Crippen LogP contribution < -0.4 is 5.32 Å². The lowest BCUT2D eigenvalue weighted by molar-refractivity contribution is -0.116. The van der Waals surface area contributed by atoms with Gasteiger partial charge in [0.25, 0.3) is 0 Å². The highest BCUT2D eigenvalue weighted by Crippen LogP contribution is 2.40. The molecular weight excluding hydrogens is 441 g/mol. The van der Waals surface area contributed by atoms with Gasteiger partial charge < -0.3 is 15.1 Å². The van der Waals surface area contributed by atoms with Crippen molar-refractivity contribution in [2.24, 2.45) is 0 Å². The minimum atomic E-state index is -0.283. The lowest BCUT2D eigenvalue weighted by atomic mass is 9.81. The second kappa shape index (κ2) is 10.4. The molecule has 6 heteroatoms. The number of rotatable bonds is 7. The molecule has 0 atom stereocenters. The Labute approximate surface area is 208 Å². The lowest BCUT2D eigenvalue weighted by Crippen LogP contribution is -2.48. The highest BCUT2D eigenvalue weighted by Gasteiger charge is 2.50. The zero-order valence-electron chi connectivity index (χ0n) is 21.4. The highest BCUT2D eigenvalue weighted by atomic mass is 19.1. The van der Waals surface area contributed by atoms with Crippen LogP contribution in [0, 0.1) is 5.82 Å². The van der Waals surface area contributed by atoms with E-state index >= 15 is 0 Å². The van der Waals surface area contributed by atoms with Crippen molar-refractivity contribution in [3.05, 3.63) is 65.0 Å². The zero-order chi connectivity index (χ0) is 25.2. The number of hydrogen-bond acceptors (Lipinski definition) is 2. The molecule has 1 heterocycles. The van der Waals surface area contributed by atoms with Crippen LogP contribution in [0.2, 0.25) is 0 Å². The number of nitrogens with one attached hydrogen (secondary N) is 1. The third-order valence-corrected chi connectivity index (χ3v) is 7.57. The fourth-order valence-corrected chi connectivity index (χ4v) is 5.70. The Balaban J connectivity index is 1.54. The van der Waals surface area contributed by atoms with Crippen LogP contribution in [0.3, 0.4) is 0 Å². The summed E-state index contributed by atoms with van der Waals surface area (Å²) in [5.41, 5.74) is 3.74. The Morgan fingerprint density at radius 2 is 1.57 bits per heavy atom. The Hall–Kier alpha value is -2.89. The summed E-state index contributed by atoms with van der Waals surface area (Å²) in [6.45, 7) is 9.52. The Morgan fingerprint density at radius 1 is 0.971 bits per heavy atom. The number of carbonyl (C=O) groups is 2. The van der Waals surface area contributed by atoms with Gasteiger partial charge in [0, 0.05) is 18.8 Å². The number of benzene rings is 2. The molecule has 0 unspecified atom stereocenters. The topological polar surface area (TPSA) is 52.7 Å². The van der Waals surface area contributed by atoms with E-state index in [2.05, 4.69) is 45.1 Å². The summed E-state index contributed by atoms with van der Waals surface area (Å²) < 4.78 is 13.4. The van der Waals surface area contributed by atoms with E-state index in [9.17, 15) is 14.0 Å². The van der Waals surface area contributed by atoms with Crippen molar-refractivity contribution in [2.45, 2.75) is 83.7 Å². The van der Waals surface area contributed by atoms with Crippen molar-refractivity contribution in [3.63, 3.8) is 0 Å². The number of anilines is 1. The predicted octanol–water partition coefficient (Wildman–Crippen LogP) is 6.65. The van der Waals surface area contributed by atoms with E-state index in [1.165, 1.54) is 18.6 Å². The molecule has 188 valence electrons. The van der Waals surface area contributed by atoms with E-state index in [0.29, 0.717) is 13.1 Å². The van der Waals surface area contributed by atoms with Gasteiger partial charge in [-0.15, -0.1) is 0 Å². The standard InChI is InChI=1S/C29H38FN3O2/c1-20(2)24-9-8-10-25(21(3)4)27(24)31-26(34)18-32-19-29(15-6-5-7-16-29)33(28(32)35)17-22-11-13-23(30)14-12-22/h8-14,20-21H,5-7,15-19H2,1-4H3,(H,31,34). The maximum absolute atomic E-state index is 13.6. The molecule has 1 spiro atoms. The quantitative estimate of drug-likeness (QED) is 0.483. The number of nitrogens with zero attached hydrogens (tertiary/aromatic N) is 2. The molecule has 0 bridgehead atoms. The highest BCUT2D eigenvalue weighted by molar-refractivity contribution is 5.96. The second-order valence-corrected chi connectivity index (χ2v) is 10.8. The molecule has 1 aliphatic carbocycles. The molecule has 5 nitrogen and oxygen atoms in total. The van der Waals surface area contributed by atoms with Gasteiger partial charge in [0.05, 0.1) is 5.54 Å². The zero-order valence-corrected chi connectivity index (χ0v) is 21.4. The molecule has 1 aliphatic heterocycles. The Bertz CT molecular complexity index is 1030. The van der Waals surface area contributed by atoms with Crippen molar-refractivity contribution in [2.75, 3.05) is 18.4 Å². The third kappa shape index (κ3) is 5.36. The van der Waals surface area contributed by atoms with Gasteiger partial charge in [-0.25, -0.2) is 9.18 Å². The molecule has 0 aromatic heterocycles. The van der Waals surface area contributed by atoms with E-state index < -0.39 is 0 Å². The molecule has 2 aromatic rings. The molecule has 2 aromatic carbocycles. The average molecular weight is 480 g/mol. The van der Waals surface area contributed by atoms with Crippen LogP contribution in [0.1, 0.15) is 88.3 Å². The Morgan fingerprint density at radius 3 is 2.14 bits per heavy atom. The summed E-state index contributed by atoms with van der Waals surface area (Å²) in [7, 11) is 0. The van der Waals surface area contributed by atoms with Gasteiger partial charge in [0.1, 0.15) is 12.4 Å². The maximum Gasteiger partial charge on any atom is 0.321 e. The van der Waals surface area contributed by atoms with E-state index in [-0.39, 0.29) is 41.7 Å². The van der Waals surface area contributed by atoms with Crippen molar-refractivity contribution < 1.29 is 14.0 Å². The van der Waals surface area contributed by atoms with E-state index in [4.69, 9.17) is 0 Å². The van der Waals surface area contributed by atoms with Crippen LogP contribution in [-0.2, 0) is 11.3 Å². The summed E-state index contributed by atoms with van der Waals surface area (Å²) in [5, 5.41) is 3.16. The number of amides is 3. The first-order valence-corrected chi connectivity index (χ1v) is 12.9. The summed E-state index contributed by atoms with van der Waals surface area (Å²) in [5.74, 6) is 0.0980. The van der Waals surface area contributed by atoms with E-state index in [1.807, 2.05) is 11.0 Å². The normalized spacial score (nSPS) is 17.6. The maximum atomic E-state index is 13.6. The monoisotopic (exact) mass is 479 g/mol. The van der Waals surface area contributed by atoms with Gasteiger partial charge in [-0.3, -0.25) is 4.79 Å². The van der Waals surface area contributed by atoms with Gasteiger partial charge in [0.2, 0.25) is 5.91 Å². The number of carbonyl (C=O) groups excluding carboxylic acids is 2. The molecule has 2 aliphatic rings. The number of hydrogen-bond donors (Lipinski definition) is 1. The SMILES string of the molecule is CC(C)c1cccc(C(C)C)c1NC(=O)CN1CC2(CCCCC2)N(Cc2ccc(F)cc2)C1=O. The van der Waals surface area contributed by atoms with Crippen molar-refractivity contribution >= 4 is 17.6 Å². The summed E-state index contributed by atoms with van der Waals surface area (Å²) >= 11 is 0.